The van der Waals surface area contributed by atoms with Crippen molar-refractivity contribution in [3.05, 3.63) is 15.6 Å². The number of aromatic nitrogens is 1. The Morgan fingerprint density at radius 1 is 1.40 bits per heavy atom. The Hall–Kier alpha value is -0.980. The number of piperazine rings is 1. The molecule has 0 saturated carbocycles. The van der Waals surface area contributed by atoms with E-state index in [9.17, 15) is 9.90 Å². The van der Waals surface area contributed by atoms with Gasteiger partial charge in [-0.2, -0.15) is 0 Å². The topological polar surface area (TPSA) is 65.5 Å². The molecule has 0 aliphatic carbocycles. The summed E-state index contributed by atoms with van der Waals surface area (Å²) in [6.45, 7) is 10.2. The molecular formula is C14H23N3O2S. The van der Waals surface area contributed by atoms with Crippen molar-refractivity contribution in [3.8, 4) is 0 Å². The third kappa shape index (κ3) is 3.56. The van der Waals surface area contributed by atoms with E-state index in [1.54, 1.807) is 0 Å². The van der Waals surface area contributed by atoms with Crippen LogP contribution in [0.2, 0.25) is 0 Å². The molecule has 2 heterocycles. The van der Waals surface area contributed by atoms with E-state index in [-0.39, 0.29) is 6.04 Å². The first kappa shape index (κ1) is 15.4. The predicted molar refractivity (Wildman–Crippen MR) is 80.5 cm³/mol. The maximum absolute atomic E-state index is 11.4. The molecule has 1 aromatic heterocycles. The highest BCUT2D eigenvalue weighted by Gasteiger charge is 2.25. The molecule has 2 rings (SSSR count). The number of thiazole rings is 1. The zero-order chi connectivity index (χ0) is 14.7. The lowest BCUT2D eigenvalue weighted by Crippen LogP contribution is -2.44. The molecule has 6 heteroatoms. The summed E-state index contributed by atoms with van der Waals surface area (Å²) in [6.07, 6.45) is 0.729. The van der Waals surface area contributed by atoms with Gasteiger partial charge < -0.3 is 10.4 Å². The van der Waals surface area contributed by atoms with Crippen LogP contribution in [0.5, 0.6) is 0 Å². The molecule has 0 amide bonds. The van der Waals surface area contributed by atoms with Gasteiger partial charge in [0.05, 0.1) is 11.7 Å². The van der Waals surface area contributed by atoms with Crippen molar-refractivity contribution in [1.29, 1.82) is 0 Å². The Morgan fingerprint density at radius 2 is 2.05 bits per heavy atom. The fourth-order valence-corrected chi connectivity index (χ4v) is 3.49. The average Bonchev–Trinajstić information content (AvgIpc) is 2.82. The van der Waals surface area contributed by atoms with E-state index in [0.717, 1.165) is 43.3 Å². The van der Waals surface area contributed by atoms with Gasteiger partial charge in [-0.05, 0) is 19.3 Å². The summed E-state index contributed by atoms with van der Waals surface area (Å²) in [5.41, 5.74) is 0.745. The van der Waals surface area contributed by atoms with Gasteiger partial charge in [0, 0.05) is 26.2 Å². The fourth-order valence-electron chi connectivity index (χ4n) is 2.47. The number of carboxylic acids is 1. The molecule has 1 aliphatic heterocycles. The van der Waals surface area contributed by atoms with Crippen LogP contribution in [-0.2, 0) is 6.42 Å². The van der Waals surface area contributed by atoms with Crippen LogP contribution in [0.4, 0.5) is 0 Å². The molecule has 1 saturated heterocycles. The number of carbonyl (C=O) groups is 1. The van der Waals surface area contributed by atoms with Gasteiger partial charge >= 0.3 is 5.97 Å². The van der Waals surface area contributed by atoms with Crippen LogP contribution >= 0.6 is 11.3 Å². The van der Waals surface area contributed by atoms with Gasteiger partial charge in [0.25, 0.3) is 0 Å². The van der Waals surface area contributed by atoms with Crippen molar-refractivity contribution in [3.63, 3.8) is 0 Å². The Balaban J connectivity index is 2.20. The van der Waals surface area contributed by atoms with Crippen LogP contribution < -0.4 is 5.32 Å². The molecule has 0 radical (unpaired) electrons. The van der Waals surface area contributed by atoms with Crippen LogP contribution in [0.1, 0.15) is 47.2 Å². The molecule has 1 unspecified atom stereocenters. The smallest absolute Gasteiger partial charge is 0.347 e. The van der Waals surface area contributed by atoms with Gasteiger partial charge in [-0.15, -0.1) is 11.3 Å². The van der Waals surface area contributed by atoms with Gasteiger partial charge in [0.15, 0.2) is 0 Å². The molecule has 2 N–H and O–H groups in total. The highest BCUT2D eigenvalue weighted by atomic mass is 32.1. The Kier molecular flexibility index (Phi) is 5.12. The lowest BCUT2D eigenvalue weighted by molar-refractivity contribution is 0.0700. The maximum atomic E-state index is 11.4. The first-order chi connectivity index (χ1) is 9.49. The van der Waals surface area contributed by atoms with Crippen molar-refractivity contribution in [2.75, 3.05) is 26.2 Å². The lowest BCUT2D eigenvalue weighted by atomic mass is 10.1. The van der Waals surface area contributed by atoms with Gasteiger partial charge in [-0.25, -0.2) is 9.78 Å². The summed E-state index contributed by atoms with van der Waals surface area (Å²) in [7, 11) is 0. The molecule has 1 fully saturated rings. The second-order valence-corrected chi connectivity index (χ2v) is 6.72. The summed E-state index contributed by atoms with van der Waals surface area (Å²) in [5.74, 6) is -0.436. The zero-order valence-electron chi connectivity index (χ0n) is 12.3. The number of nitrogens with one attached hydrogen (secondary N) is 1. The predicted octanol–water partition coefficient (Wildman–Crippen LogP) is 2.01. The van der Waals surface area contributed by atoms with E-state index >= 15 is 0 Å². The summed E-state index contributed by atoms with van der Waals surface area (Å²) in [5, 5.41) is 13.6. The number of aromatic carboxylic acids is 1. The van der Waals surface area contributed by atoms with Crippen molar-refractivity contribution < 1.29 is 9.90 Å². The molecule has 0 bridgehead atoms. The average molecular weight is 297 g/mol. The normalized spacial score (nSPS) is 18.4. The largest absolute Gasteiger partial charge is 0.477 e. The maximum Gasteiger partial charge on any atom is 0.347 e. The number of carboxylic acid groups (broad SMARTS) is 1. The lowest BCUT2D eigenvalue weighted by Gasteiger charge is -2.31. The van der Waals surface area contributed by atoms with E-state index in [1.165, 1.54) is 11.3 Å². The summed E-state index contributed by atoms with van der Waals surface area (Å²) < 4.78 is 0. The van der Waals surface area contributed by atoms with Crippen LogP contribution in [0, 0.1) is 5.92 Å². The molecule has 5 nitrogen and oxygen atoms in total. The molecule has 1 aliphatic rings. The SMILES string of the molecule is CC(C)Cc1nc(C(C)N2CCNCC2)sc1C(=O)O. The van der Waals surface area contributed by atoms with Crippen molar-refractivity contribution in [1.82, 2.24) is 15.2 Å². The van der Waals surface area contributed by atoms with Gasteiger partial charge in [0.1, 0.15) is 9.88 Å². The summed E-state index contributed by atoms with van der Waals surface area (Å²) >= 11 is 1.34. The standard InChI is InChI=1S/C14H23N3O2S/c1-9(2)8-11-12(14(18)19)20-13(16-11)10(3)17-6-4-15-5-7-17/h9-10,15H,4-8H2,1-3H3,(H,18,19). The molecule has 112 valence electrons. The summed E-state index contributed by atoms with van der Waals surface area (Å²) in [4.78, 5) is 18.8. The second-order valence-electron chi connectivity index (χ2n) is 5.69. The monoisotopic (exact) mass is 297 g/mol. The number of hydrogen-bond donors (Lipinski definition) is 2. The second kappa shape index (κ2) is 6.65. The Morgan fingerprint density at radius 3 is 2.60 bits per heavy atom. The van der Waals surface area contributed by atoms with Gasteiger partial charge in [-0.3, -0.25) is 4.90 Å². The van der Waals surface area contributed by atoms with Crippen LogP contribution in [0.15, 0.2) is 0 Å². The van der Waals surface area contributed by atoms with Crippen LogP contribution in [0.3, 0.4) is 0 Å². The van der Waals surface area contributed by atoms with E-state index in [0.29, 0.717) is 10.8 Å². The molecule has 0 spiro atoms. The minimum absolute atomic E-state index is 0.195. The van der Waals surface area contributed by atoms with E-state index in [2.05, 4.69) is 36.0 Å². The molecule has 1 atom stereocenters. The number of rotatable bonds is 5. The Labute approximate surface area is 124 Å². The van der Waals surface area contributed by atoms with E-state index < -0.39 is 5.97 Å². The minimum Gasteiger partial charge on any atom is -0.477 e. The quantitative estimate of drug-likeness (QED) is 0.870. The zero-order valence-corrected chi connectivity index (χ0v) is 13.2. The fraction of sp³-hybridized carbons (Fsp3) is 0.714. The first-order valence-electron chi connectivity index (χ1n) is 7.16. The van der Waals surface area contributed by atoms with E-state index in [4.69, 9.17) is 0 Å². The van der Waals surface area contributed by atoms with Crippen LogP contribution in [0.25, 0.3) is 0 Å². The Bertz CT molecular complexity index is 467. The number of nitrogens with zero attached hydrogens (tertiary/aromatic N) is 2. The van der Waals surface area contributed by atoms with Gasteiger partial charge in [-0.1, -0.05) is 13.8 Å². The van der Waals surface area contributed by atoms with Gasteiger partial charge in [0.2, 0.25) is 0 Å². The summed E-state index contributed by atoms with van der Waals surface area (Å²) in [6, 6.07) is 0.195. The highest BCUT2D eigenvalue weighted by molar-refractivity contribution is 7.13. The molecule has 20 heavy (non-hydrogen) atoms. The highest BCUT2D eigenvalue weighted by Crippen LogP contribution is 2.29. The number of hydrogen-bond acceptors (Lipinski definition) is 5. The molecule has 0 aromatic carbocycles. The molecular weight excluding hydrogens is 274 g/mol. The third-order valence-corrected chi connectivity index (χ3v) is 4.82. The van der Waals surface area contributed by atoms with Crippen molar-refractivity contribution >= 4 is 17.3 Å². The van der Waals surface area contributed by atoms with E-state index in [1.807, 2.05) is 0 Å². The van der Waals surface area contributed by atoms with Crippen molar-refractivity contribution in [2.45, 2.75) is 33.2 Å². The first-order valence-corrected chi connectivity index (χ1v) is 7.98. The third-order valence-electron chi connectivity index (χ3n) is 3.57. The van der Waals surface area contributed by atoms with Crippen LogP contribution in [-0.4, -0.2) is 47.1 Å². The minimum atomic E-state index is -0.850. The van der Waals surface area contributed by atoms with Crippen molar-refractivity contribution in [2.24, 2.45) is 5.92 Å². The molecule has 1 aromatic rings.